The Morgan fingerprint density at radius 2 is 1.90 bits per heavy atom. The molecule has 0 N–H and O–H groups in total. The molecule has 0 aliphatic carbocycles. The van der Waals surface area contributed by atoms with Crippen molar-refractivity contribution in [1.82, 2.24) is 4.31 Å². The quantitative estimate of drug-likeness (QED) is 0.862. The second kappa shape index (κ2) is 4.49. The molecule has 4 nitrogen and oxygen atoms in total. The molecule has 1 fully saturated rings. The van der Waals surface area contributed by atoms with Gasteiger partial charge in [-0.3, -0.25) is 0 Å². The fraction of sp³-hybridized carbons (Fsp3) is 0.667. The number of nitrogens with zero attached hydrogens (tertiary/aromatic N) is 1. The monoisotopic (exact) mass is 311 g/mol. The molecule has 0 bridgehead atoms. The highest BCUT2D eigenvalue weighted by molar-refractivity contribution is 7.89. The normalized spacial score (nSPS) is 19.9. The van der Waals surface area contributed by atoms with Crippen LogP contribution < -0.4 is 0 Å². The molecule has 0 atom stereocenters. The third-order valence-corrected chi connectivity index (χ3v) is 5.26. The van der Waals surface area contributed by atoms with Crippen molar-refractivity contribution in [3.05, 3.63) is 17.6 Å². The molecule has 1 aromatic heterocycles. The van der Waals surface area contributed by atoms with Crippen LogP contribution in [0.1, 0.15) is 24.9 Å². The molecule has 0 aromatic carbocycles. The lowest BCUT2D eigenvalue weighted by atomic mass is 9.80. The minimum atomic E-state index is -4.28. The summed E-state index contributed by atoms with van der Waals surface area (Å²) in [5, 5.41) is 0. The van der Waals surface area contributed by atoms with E-state index in [0.29, 0.717) is 5.76 Å². The molecule has 1 aliphatic heterocycles. The van der Waals surface area contributed by atoms with Crippen LogP contribution in [0.3, 0.4) is 0 Å². The molecule has 1 aromatic rings. The molecule has 1 saturated heterocycles. The predicted octanol–water partition coefficient (Wildman–Crippen LogP) is 2.86. The van der Waals surface area contributed by atoms with E-state index in [1.165, 1.54) is 19.9 Å². The predicted molar refractivity (Wildman–Crippen MR) is 65.7 cm³/mol. The summed E-state index contributed by atoms with van der Waals surface area (Å²) in [5.41, 5.74) is -1.04. The minimum Gasteiger partial charge on any atom is -0.465 e. The van der Waals surface area contributed by atoms with Gasteiger partial charge in [0.25, 0.3) is 0 Å². The molecule has 20 heavy (non-hydrogen) atoms. The maximum Gasteiger partial charge on any atom is 0.389 e. The Labute approximate surface area is 115 Å². The average molecular weight is 311 g/mol. The molecule has 0 radical (unpaired) electrons. The van der Waals surface area contributed by atoms with Gasteiger partial charge in [0.15, 0.2) is 0 Å². The Kier molecular flexibility index (Phi) is 3.45. The highest BCUT2D eigenvalue weighted by Gasteiger charge is 2.51. The highest BCUT2D eigenvalue weighted by atomic mass is 32.2. The first-order valence-electron chi connectivity index (χ1n) is 6.07. The maximum absolute atomic E-state index is 12.4. The summed E-state index contributed by atoms with van der Waals surface area (Å²) in [5.74, 6) is 0.714. The summed E-state index contributed by atoms with van der Waals surface area (Å²) < 4.78 is 68.0. The van der Waals surface area contributed by atoms with E-state index in [1.807, 2.05) is 0 Å². The van der Waals surface area contributed by atoms with E-state index in [9.17, 15) is 21.6 Å². The van der Waals surface area contributed by atoms with Crippen molar-refractivity contribution in [2.45, 2.75) is 38.3 Å². The van der Waals surface area contributed by atoms with E-state index in [-0.39, 0.29) is 23.7 Å². The number of alkyl halides is 3. The Morgan fingerprint density at radius 3 is 2.30 bits per heavy atom. The van der Waals surface area contributed by atoms with Gasteiger partial charge in [-0.2, -0.15) is 17.5 Å². The van der Waals surface area contributed by atoms with Crippen LogP contribution in [0.5, 0.6) is 0 Å². The minimum absolute atomic E-state index is 0.0315. The Bertz CT molecular complexity index is 612. The third-order valence-electron chi connectivity index (χ3n) is 3.36. The van der Waals surface area contributed by atoms with Crippen LogP contribution >= 0.6 is 0 Å². The van der Waals surface area contributed by atoms with E-state index in [0.717, 1.165) is 4.31 Å². The molecular weight excluding hydrogens is 295 g/mol. The number of hydrogen-bond acceptors (Lipinski definition) is 3. The first-order chi connectivity index (χ1) is 8.93. The van der Waals surface area contributed by atoms with Crippen LogP contribution in [0.4, 0.5) is 13.2 Å². The molecule has 0 unspecified atom stereocenters. The molecule has 114 valence electrons. The van der Waals surface area contributed by atoms with Gasteiger partial charge in [-0.15, -0.1) is 0 Å². The van der Waals surface area contributed by atoms with E-state index in [4.69, 9.17) is 4.42 Å². The summed E-state index contributed by atoms with van der Waals surface area (Å²) in [6.45, 7) is 4.33. The zero-order chi connectivity index (χ0) is 15.3. The first kappa shape index (κ1) is 15.4. The van der Waals surface area contributed by atoms with Crippen molar-refractivity contribution in [2.75, 3.05) is 13.1 Å². The fourth-order valence-electron chi connectivity index (χ4n) is 2.57. The Morgan fingerprint density at radius 1 is 1.35 bits per heavy atom. The molecule has 2 rings (SSSR count). The lowest BCUT2D eigenvalue weighted by Crippen LogP contribution is -2.58. The molecular formula is C12H16F3NO3S. The average Bonchev–Trinajstić information content (AvgIpc) is 2.52. The zero-order valence-corrected chi connectivity index (χ0v) is 12.2. The number of sulfonamides is 1. The second-order valence-corrected chi connectivity index (χ2v) is 7.56. The van der Waals surface area contributed by atoms with Gasteiger partial charge in [0.2, 0.25) is 10.0 Å². The standard InChI is InChI=1S/C12H16F3NO3S/c1-8-4-10(9(2)19-8)20(17,18)16-6-11(3,7-16)5-12(13,14)15/h4H,5-7H2,1-3H3. The second-order valence-electron chi connectivity index (χ2n) is 5.65. The van der Waals surface area contributed by atoms with Crippen molar-refractivity contribution in [3.63, 3.8) is 0 Å². The summed E-state index contributed by atoms with van der Waals surface area (Å²) in [4.78, 5) is 0.0315. The molecule has 1 aliphatic rings. The van der Waals surface area contributed by atoms with E-state index in [1.54, 1.807) is 6.92 Å². The van der Waals surface area contributed by atoms with Crippen molar-refractivity contribution < 1.29 is 26.0 Å². The molecule has 8 heteroatoms. The van der Waals surface area contributed by atoms with Gasteiger partial charge in [-0.05, 0) is 19.9 Å². The van der Waals surface area contributed by atoms with Crippen LogP contribution in [0, 0.1) is 19.3 Å². The third kappa shape index (κ3) is 2.85. The lowest BCUT2D eigenvalue weighted by molar-refractivity contribution is -0.169. The number of hydrogen-bond donors (Lipinski definition) is 0. The van der Waals surface area contributed by atoms with Gasteiger partial charge in [0.1, 0.15) is 16.4 Å². The van der Waals surface area contributed by atoms with Crippen LogP contribution in [0.25, 0.3) is 0 Å². The Hall–Kier alpha value is -1.02. The largest absolute Gasteiger partial charge is 0.465 e. The molecule has 0 spiro atoms. The molecule has 0 saturated carbocycles. The van der Waals surface area contributed by atoms with Gasteiger partial charge in [0.05, 0.1) is 6.42 Å². The van der Waals surface area contributed by atoms with E-state index < -0.39 is 28.0 Å². The van der Waals surface area contributed by atoms with Crippen LogP contribution in [0.15, 0.2) is 15.4 Å². The Balaban J connectivity index is 2.14. The topological polar surface area (TPSA) is 50.5 Å². The number of aryl methyl sites for hydroxylation is 2. The SMILES string of the molecule is Cc1cc(S(=O)(=O)N2CC(C)(CC(F)(F)F)C2)c(C)o1. The van der Waals surface area contributed by atoms with Crippen molar-refractivity contribution in [2.24, 2.45) is 5.41 Å². The lowest BCUT2D eigenvalue weighted by Gasteiger charge is -2.47. The number of furan rings is 1. The van der Waals surface area contributed by atoms with Gasteiger partial charge >= 0.3 is 6.18 Å². The zero-order valence-electron chi connectivity index (χ0n) is 11.4. The highest BCUT2D eigenvalue weighted by Crippen LogP contribution is 2.43. The van der Waals surface area contributed by atoms with Gasteiger partial charge < -0.3 is 4.42 Å². The summed E-state index contributed by atoms with van der Waals surface area (Å²) in [7, 11) is -3.77. The van der Waals surface area contributed by atoms with E-state index >= 15 is 0 Å². The maximum atomic E-state index is 12.4. The van der Waals surface area contributed by atoms with Crippen molar-refractivity contribution >= 4 is 10.0 Å². The van der Waals surface area contributed by atoms with Gasteiger partial charge in [-0.1, -0.05) is 6.92 Å². The summed E-state index contributed by atoms with van der Waals surface area (Å²) >= 11 is 0. The summed E-state index contributed by atoms with van der Waals surface area (Å²) in [6, 6.07) is 1.39. The molecule has 2 heterocycles. The smallest absolute Gasteiger partial charge is 0.389 e. The van der Waals surface area contributed by atoms with Gasteiger partial charge in [-0.25, -0.2) is 8.42 Å². The molecule has 0 amide bonds. The van der Waals surface area contributed by atoms with Crippen LogP contribution in [-0.4, -0.2) is 32.0 Å². The van der Waals surface area contributed by atoms with E-state index in [2.05, 4.69) is 0 Å². The van der Waals surface area contributed by atoms with Crippen LogP contribution in [0.2, 0.25) is 0 Å². The fourth-order valence-corrected chi connectivity index (χ4v) is 4.53. The van der Waals surface area contributed by atoms with Crippen LogP contribution in [-0.2, 0) is 10.0 Å². The van der Waals surface area contributed by atoms with Crippen molar-refractivity contribution in [3.8, 4) is 0 Å². The first-order valence-corrected chi connectivity index (χ1v) is 7.51. The van der Waals surface area contributed by atoms with Crippen molar-refractivity contribution in [1.29, 1.82) is 0 Å². The van der Waals surface area contributed by atoms with Gasteiger partial charge in [0, 0.05) is 18.5 Å². The number of rotatable bonds is 3. The number of halogens is 3. The summed E-state index contributed by atoms with van der Waals surface area (Å²) in [6.07, 6.45) is -5.26.